The maximum Gasteiger partial charge on any atom is 1.00 e. The summed E-state index contributed by atoms with van der Waals surface area (Å²) in [7, 11) is 0. The van der Waals surface area contributed by atoms with E-state index < -0.39 is 5.97 Å². The van der Waals surface area contributed by atoms with Crippen molar-refractivity contribution in [2.45, 2.75) is 6.92 Å². The summed E-state index contributed by atoms with van der Waals surface area (Å²) >= 11 is 0. The molecule has 0 aromatic carbocycles. The predicted octanol–water partition coefficient (Wildman–Crippen LogP) is -2.34. The SMILES string of the molecule is CC(=O)O.F.F.F.[H-].[Na+]. The molecule has 50 valence electrons. The second-order valence-corrected chi connectivity index (χ2v) is 0.519. The summed E-state index contributed by atoms with van der Waals surface area (Å²) in [6.45, 7) is 1.08. The first-order chi connectivity index (χ1) is 1.73. The molecule has 2 nitrogen and oxygen atoms in total. The van der Waals surface area contributed by atoms with Crippen LogP contribution in [0.25, 0.3) is 0 Å². The van der Waals surface area contributed by atoms with Gasteiger partial charge < -0.3 is 6.53 Å². The van der Waals surface area contributed by atoms with Crippen LogP contribution in [0.5, 0.6) is 0 Å². The van der Waals surface area contributed by atoms with Crippen molar-refractivity contribution in [3.63, 3.8) is 0 Å². The average Bonchev–Trinajstić information content (AvgIpc) is 0.811. The third kappa shape index (κ3) is 2560. The van der Waals surface area contributed by atoms with Crippen molar-refractivity contribution in [2.24, 2.45) is 0 Å². The minimum Gasteiger partial charge on any atom is -1.00 e. The standard InChI is InChI=1S/C2H4O2.3FH.Na.H/c1-2(3)4;;;;;/h1H3,(H,3,4);3*1H;;/q;;;;+1;-1. The van der Waals surface area contributed by atoms with Gasteiger partial charge in [0.1, 0.15) is 0 Å². The van der Waals surface area contributed by atoms with Crippen molar-refractivity contribution in [3.8, 4) is 0 Å². The summed E-state index contributed by atoms with van der Waals surface area (Å²) in [5, 5.41) is 7.42. The van der Waals surface area contributed by atoms with Crippen LogP contribution in [0.1, 0.15) is 8.35 Å². The Morgan fingerprint density at radius 2 is 1.38 bits per heavy atom. The molecular weight excluding hydrogens is 136 g/mol. The summed E-state index contributed by atoms with van der Waals surface area (Å²) in [4.78, 5) is 9.00. The second kappa shape index (κ2) is 26.8. The average molecular weight is 144 g/mol. The zero-order valence-electron chi connectivity index (χ0n) is 5.58. The van der Waals surface area contributed by atoms with Gasteiger partial charge in [0, 0.05) is 6.92 Å². The number of carbonyl (C=O) groups is 1. The zero-order chi connectivity index (χ0) is 3.58. The zero-order valence-corrected chi connectivity index (χ0v) is 6.58. The number of carboxylic acids is 1. The summed E-state index contributed by atoms with van der Waals surface area (Å²) < 4.78 is 0. The molecule has 0 aromatic heterocycles. The smallest absolute Gasteiger partial charge is 1.00 e. The summed E-state index contributed by atoms with van der Waals surface area (Å²) in [5.41, 5.74) is 0. The van der Waals surface area contributed by atoms with Crippen molar-refractivity contribution >= 4 is 5.97 Å². The number of hydrogen-bond donors (Lipinski definition) is 1. The van der Waals surface area contributed by atoms with E-state index in [1.54, 1.807) is 0 Å². The van der Waals surface area contributed by atoms with Crippen molar-refractivity contribution in [3.05, 3.63) is 0 Å². The Balaban J connectivity index is -0.00000000450. The molecule has 8 heavy (non-hydrogen) atoms. The molecular formula is C2H8F3NaO2. The van der Waals surface area contributed by atoms with Crippen LogP contribution in [-0.4, -0.2) is 11.1 Å². The van der Waals surface area contributed by atoms with Crippen LogP contribution in [0.4, 0.5) is 14.1 Å². The fraction of sp³-hybridized carbons (Fsp3) is 0.500. The van der Waals surface area contributed by atoms with Gasteiger partial charge in [-0.1, -0.05) is 0 Å². The fourth-order valence-corrected chi connectivity index (χ4v) is 0. The quantitative estimate of drug-likeness (QED) is 0.387. The van der Waals surface area contributed by atoms with Crippen molar-refractivity contribution in [2.75, 3.05) is 0 Å². The van der Waals surface area contributed by atoms with Crippen molar-refractivity contribution < 1.29 is 55.0 Å². The Hall–Kier alpha value is 0.260. The Bertz CT molecular complexity index is 42.8. The van der Waals surface area contributed by atoms with E-state index in [0.29, 0.717) is 0 Å². The molecule has 0 aliphatic heterocycles. The van der Waals surface area contributed by atoms with E-state index in [9.17, 15) is 0 Å². The molecule has 0 amide bonds. The van der Waals surface area contributed by atoms with E-state index in [0.717, 1.165) is 6.92 Å². The van der Waals surface area contributed by atoms with Gasteiger partial charge >= 0.3 is 29.6 Å². The topological polar surface area (TPSA) is 37.3 Å². The third-order valence-electron chi connectivity index (χ3n) is 0. The van der Waals surface area contributed by atoms with Crippen molar-refractivity contribution in [1.82, 2.24) is 0 Å². The molecule has 0 aromatic rings. The Labute approximate surface area is 68.1 Å². The molecule has 0 aliphatic rings. The molecule has 0 heterocycles. The Morgan fingerprint density at radius 3 is 1.38 bits per heavy atom. The van der Waals surface area contributed by atoms with Crippen LogP contribution in [0.15, 0.2) is 0 Å². The van der Waals surface area contributed by atoms with E-state index in [4.69, 9.17) is 9.90 Å². The molecule has 1 N–H and O–H groups in total. The van der Waals surface area contributed by atoms with Gasteiger partial charge in [0.2, 0.25) is 0 Å². The minimum absolute atomic E-state index is 0. The minimum atomic E-state index is -0.833. The van der Waals surface area contributed by atoms with Crippen LogP contribution in [0.2, 0.25) is 0 Å². The maximum absolute atomic E-state index is 9.00. The predicted molar refractivity (Wildman–Crippen MR) is 21.9 cm³/mol. The van der Waals surface area contributed by atoms with Gasteiger partial charge in [-0.15, -0.1) is 0 Å². The maximum atomic E-state index is 9.00. The van der Waals surface area contributed by atoms with E-state index in [1.807, 2.05) is 0 Å². The first kappa shape index (κ1) is 41.0. The third-order valence-corrected chi connectivity index (χ3v) is 0. The monoisotopic (exact) mass is 144 g/mol. The molecule has 0 unspecified atom stereocenters. The van der Waals surface area contributed by atoms with Gasteiger partial charge in [0.05, 0.1) is 0 Å². The van der Waals surface area contributed by atoms with E-state index in [2.05, 4.69) is 0 Å². The largest absolute Gasteiger partial charge is 1.00 e. The van der Waals surface area contributed by atoms with Crippen LogP contribution in [0.3, 0.4) is 0 Å². The van der Waals surface area contributed by atoms with Gasteiger partial charge in [-0.25, -0.2) is 0 Å². The van der Waals surface area contributed by atoms with Gasteiger partial charge in [-0.3, -0.25) is 18.9 Å². The normalized spacial score (nSPS) is 3.12. The number of rotatable bonds is 0. The Kier molecular flexibility index (Phi) is 137. The summed E-state index contributed by atoms with van der Waals surface area (Å²) in [5.74, 6) is -0.833. The van der Waals surface area contributed by atoms with Crippen LogP contribution < -0.4 is 29.6 Å². The molecule has 0 radical (unpaired) electrons. The van der Waals surface area contributed by atoms with Gasteiger partial charge in [-0.2, -0.15) is 0 Å². The molecule has 0 rings (SSSR count). The second-order valence-electron chi connectivity index (χ2n) is 0.519. The van der Waals surface area contributed by atoms with Gasteiger partial charge in [0.15, 0.2) is 0 Å². The molecule has 0 bridgehead atoms. The Morgan fingerprint density at radius 1 is 1.38 bits per heavy atom. The van der Waals surface area contributed by atoms with Gasteiger partial charge in [0.25, 0.3) is 5.97 Å². The first-order valence-electron chi connectivity index (χ1n) is 0.928. The van der Waals surface area contributed by atoms with E-state index in [-0.39, 0.29) is 45.1 Å². The molecule has 0 spiro atoms. The summed E-state index contributed by atoms with van der Waals surface area (Å²) in [6, 6.07) is 0. The number of hydrogen-bond acceptors (Lipinski definition) is 1. The van der Waals surface area contributed by atoms with E-state index >= 15 is 0 Å². The van der Waals surface area contributed by atoms with Gasteiger partial charge in [-0.05, 0) is 0 Å². The van der Waals surface area contributed by atoms with Crippen molar-refractivity contribution in [1.29, 1.82) is 0 Å². The number of carboxylic acid groups (broad SMARTS) is 1. The molecule has 0 fully saturated rings. The number of aliphatic carboxylic acids is 1. The molecule has 6 heteroatoms. The first-order valence-corrected chi connectivity index (χ1v) is 0.928. The summed E-state index contributed by atoms with van der Waals surface area (Å²) in [6.07, 6.45) is 0. The van der Waals surface area contributed by atoms with Crippen LogP contribution in [-0.2, 0) is 4.79 Å². The molecule has 0 saturated carbocycles. The van der Waals surface area contributed by atoms with Crippen LogP contribution >= 0.6 is 0 Å². The number of halogens is 3. The van der Waals surface area contributed by atoms with Crippen LogP contribution in [0, 0.1) is 0 Å². The molecule has 0 atom stereocenters. The fourth-order valence-electron chi connectivity index (χ4n) is 0. The van der Waals surface area contributed by atoms with E-state index in [1.165, 1.54) is 0 Å². The molecule has 0 aliphatic carbocycles. The molecule has 0 saturated heterocycles.